The van der Waals surface area contributed by atoms with Gasteiger partial charge in [-0.2, -0.15) is 0 Å². The first-order valence-electron chi connectivity index (χ1n) is 8.35. The van der Waals surface area contributed by atoms with Crippen molar-refractivity contribution < 1.29 is 18.3 Å². The normalized spacial score (nSPS) is 17.1. The van der Waals surface area contributed by atoms with Crippen molar-refractivity contribution in [2.75, 3.05) is 17.7 Å². The average Bonchev–Trinajstić information content (AvgIpc) is 2.95. The molecule has 1 saturated heterocycles. The van der Waals surface area contributed by atoms with Crippen LogP contribution < -0.4 is 4.90 Å². The van der Waals surface area contributed by atoms with Crippen molar-refractivity contribution in [3.63, 3.8) is 0 Å². The quantitative estimate of drug-likeness (QED) is 0.690. The maximum absolute atomic E-state index is 11.8. The van der Waals surface area contributed by atoms with E-state index in [1.807, 2.05) is 29.2 Å². The Kier molecular flexibility index (Phi) is 4.16. The van der Waals surface area contributed by atoms with Gasteiger partial charge < -0.3 is 15.0 Å². The fourth-order valence-corrected chi connectivity index (χ4v) is 4.97. The first kappa shape index (κ1) is 17.9. The number of nitrogens with one attached hydrogen (secondary N) is 1. The molecule has 4 rings (SSSR count). The van der Waals surface area contributed by atoms with Crippen molar-refractivity contribution in [1.82, 2.24) is 4.98 Å². The van der Waals surface area contributed by atoms with Crippen LogP contribution in [0.4, 0.5) is 5.69 Å². The summed E-state index contributed by atoms with van der Waals surface area (Å²) in [7, 11) is -3.12. The Labute approximate surface area is 161 Å². The molecular formula is C19H17ClN2O4S. The third-order valence-corrected chi connectivity index (χ3v) is 6.76. The first-order valence-corrected chi connectivity index (χ1v) is 10.7. The predicted molar refractivity (Wildman–Crippen MR) is 106 cm³/mol. The highest BCUT2D eigenvalue weighted by Gasteiger charge is 2.36. The van der Waals surface area contributed by atoms with Gasteiger partial charge in [0, 0.05) is 41.2 Å². The number of aromatic amines is 1. The molecule has 0 aliphatic carbocycles. The molecule has 1 aliphatic heterocycles. The van der Waals surface area contributed by atoms with Gasteiger partial charge in [0.1, 0.15) is 5.37 Å². The molecule has 8 heteroatoms. The number of H-pyrrole nitrogens is 1. The monoisotopic (exact) mass is 404 g/mol. The molecule has 140 valence electrons. The third kappa shape index (κ3) is 3.07. The Hall–Kier alpha value is -2.51. The Morgan fingerprint density at radius 1 is 1.26 bits per heavy atom. The van der Waals surface area contributed by atoms with Crippen molar-refractivity contribution in [2.45, 2.75) is 11.8 Å². The molecule has 1 aromatic heterocycles. The van der Waals surface area contributed by atoms with Gasteiger partial charge in [-0.1, -0.05) is 23.7 Å². The lowest BCUT2D eigenvalue weighted by atomic mass is 10.0. The van der Waals surface area contributed by atoms with Crippen LogP contribution in [0.3, 0.4) is 0 Å². The molecule has 3 aromatic rings. The molecule has 0 bridgehead atoms. The highest BCUT2D eigenvalue weighted by molar-refractivity contribution is 7.91. The Balaban J connectivity index is 1.71. The summed E-state index contributed by atoms with van der Waals surface area (Å²) < 4.78 is 23.6. The molecule has 0 radical (unpaired) electrons. The zero-order valence-electron chi connectivity index (χ0n) is 14.4. The van der Waals surface area contributed by atoms with E-state index in [0.717, 1.165) is 16.8 Å². The number of halogens is 1. The van der Waals surface area contributed by atoms with Crippen molar-refractivity contribution >= 4 is 44.0 Å². The van der Waals surface area contributed by atoms with E-state index in [-0.39, 0.29) is 5.56 Å². The van der Waals surface area contributed by atoms with E-state index in [1.54, 1.807) is 12.1 Å². The number of carboxylic acid groups (broad SMARTS) is 1. The van der Waals surface area contributed by atoms with E-state index in [9.17, 15) is 18.3 Å². The Bertz CT molecular complexity index is 1150. The van der Waals surface area contributed by atoms with E-state index in [1.165, 1.54) is 12.5 Å². The van der Waals surface area contributed by atoms with Crippen LogP contribution in [0.1, 0.15) is 16.8 Å². The molecular weight excluding hydrogens is 388 g/mol. The number of fused-ring (bicyclic) bond motifs is 1. The fraction of sp³-hybridized carbons (Fsp3) is 0.211. The van der Waals surface area contributed by atoms with Crippen molar-refractivity contribution in [3.8, 4) is 11.1 Å². The van der Waals surface area contributed by atoms with Gasteiger partial charge in [-0.05, 0) is 36.2 Å². The standard InChI is InChI=1S/C19H17ClN2O4S/c1-27(25,26)18-6-7-22(18)12-4-2-11(3-5-12)13-8-14-15(19(23)24)10-21-17(14)9-16(13)20/h2-5,8-10,18,21H,6-7H2,1H3,(H,23,24). The number of rotatable bonds is 4. The second kappa shape index (κ2) is 6.28. The smallest absolute Gasteiger partial charge is 0.337 e. The molecule has 0 saturated carbocycles. The minimum Gasteiger partial charge on any atom is -0.478 e. The maximum atomic E-state index is 11.8. The van der Waals surface area contributed by atoms with E-state index in [0.29, 0.717) is 28.9 Å². The van der Waals surface area contributed by atoms with E-state index < -0.39 is 21.2 Å². The van der Waals surface area contributed by atoms with Gasteiger partial charge in [0.15, 0.2) is 9.84 Å². The molecule has 1 fully saturated rings. The second-order valence-electron chi connectivity index (χ2n) is 6.70. The molecule has 6 nitrogen and oxygen atoms in total. The Morgan fingerprint density at radius 3 is 2.52 bits per heavy atom. The molecule has 1 aliphatic rings. The number of carboxylic acids is 1. The topological polar surface area (TPSA) is 90.5 Å². The van der Waals surface area contributed by atoms with Crippen LogP contribution in [0.25, 0.3) is 22.0 Å². The van der Waals surface area contributed by atoms with Gasteiger partial charge >= 0.3 is 5.97 Å². The lowest BCUT2D eigenvalue weighted by Gasteiger charge is -2.41. The predicted octanol–water partition coefficient (Wildman–Crippen LogP) is 3.77. The van der Waals surface area contributed by atoms with Crippen LogP contribution in [-0.4, -0.2) is 42.7 Å². The van der Waals surface area contributed by atoms with Crippen molar-refractivity contribution in [3.05, 3.63) is 53.2 Å². The van der Waals surface area contributed by atoms with E-state index in [2.05, 4.69) is 4.98 Å². The van der Waals surface area contributed by atoms with Crippen LogP contribution >= 0.6 is 11.6 Å². The zero-order valence-corrected chi connectivity index (χ0v) is 16.0. The molecule has 0 spiro atoms. The minimum absolute atomic E-state index is 0.191. The minimum atomic E-state index is -3.12. The largest absolute Gasteiger partial charge is 0.478 e. The van der Waals surface area contributed by atoms with Crippen LogP contribution in [0, 0.1) is 0 Å². The van der Waals surface area contributed by atoms with Gasteiger partial charge in [-0.25, -0.2) is 13.2 Å². The van der Waals surface area contributed by atoms with Gasteiger partial charge in [0.05, 0.1) is 10.6 Å². The number of benzene rings is 2. The summed E-state index contributed by atoms with van der Waals surface area (Å²) in [6.45, 7) is 0.703. The zero-order chi connectivity index (χ0) is 19.3. The number of anilines is 1. The number of hydrogen-bond acceptors (Lipinski definition) is 4. The van der Waals surface area contributed by atoms with Crippen molar-refractivity contribution in [2.24, 2.45) is 0 Å². The van der Waals surface area contributed by atoms with Crippen LogP contribution in [0.2, 0.25) is 5.02 Å². The lowest BCUT2D eigenvalue weighted by molar-refractivity contribution is 0.0699. The van der Waals surface area contributed by atoms with Crippen LogP contribution in [-0.2, 0) is 9.84 Å². The van der Waals surface area contributed by atoms with E-state index >= 15 is 0 Å². The maximum Gasteiger partial charge on any atom is 0.337 e. The highest BCUT2D eigenvalue weighted by atomic mass is 35.5. The molecule has 2 heterocycles. The van der Waals surface area contributed by atoms with Gasteiger partial charge in [0.25, 0.3) is 0 Å². The summed E-state index contributed by atoms with van der Waals surface area (Å²) in [5.41, 5.74) is 3.25. The van der Waals surface area contributed by atoms with Gasteiger partial charge in [-0.3, -0.25) is 0 Å². The molecule has 1 unspecified atom stereocenters. The number of nitrogens with zero attached hydrogens (tertiary/aromatic N) is 1. The van der Waals surface area contributed by atoms with Crippen LogP contribution in [0.5, 0.6) is 0 Å². The summed E-state index contributed by atoms with van der Waals surface area (Å²) in [5, 5.41) is 9.94. The van der Waals surface area contributed by atoms with Gasteiger partial charge in [0.2, 0.25) is 0 Å². The second-order valence-corrected chi connectivity index (χ2v) is 9.31. The van der Waals surface area contributed by atoms with Crippen LogP contribution in [0.15, 0.2) is 42.6 Å². The molecule has 1 atom stereocenters. The number of aromatic carboxylic acids is 1. The molecule has 27 heavy (non-hydrogen) atoms. The van der Waals surface area contributed by atoms with Gasteiger partial charge in [-0.15, -0.1) is 0 Å². The highest BCUT2D eigenvalue weighted by Crippen LogP contribution is 2.36. The first-order chi connectivity index (χ1) is 12.8. The average molecular weight is 405 g/mol. The molecule has 2 N–H and O–H groups in total. The molecule has 0 amide bonds. The number of hydrogen-bond donors (Lipinski definition) is 2. The Morgan fingerprint density at radius 2 is 1.96 bits per heavy atom. The number of aromatic nitrogens is 1. The fourth-order valence-electron chi connectivity index (χ4n) is 3.48. The summed E-state index contributed by atoms with van der Waals surface area (Å²) >= 11 is 6.39. The van der Waals surface area contributed by atoms with Crippen molar-refractivity contribution in [1.29, 1.82) is 0 Å². The summed E-state index contributed by atoms with van der Waals surface area (Å²) in [5.74, 6) is -1.01. The third-order valence-electron chi connectivity index (χ3n) is 4.97. The summed E-state index contributed by atoms with van der Waals surface area (Å²) in [4.78, 5) is 16.2. The summed E-state index contributed by atoms with van der Waals surface area (Å²) in [6.07, 6.45) is 3.34. The number of sulfone groups is 1. The summed E-state index contributed by atoms with van der Waals surface area (Å²) in [6, 6.07) is 10.9. The lowest BCUT2D eigenvalue weighted by Crippen LogP contribution is -2.52. The number of carbonyl (C=O) groups is 1. The van der Waals surface area contributed by atoms with E-state index in [4.69, 9.17) is 11.6 Å². The SMILES string of the molecule is CS(=O)(=O)C1CCN1c1ccc(-c2cc3c(C(=O)O)c[nH]c3cc2Cl)cc1. The molecule has 2 aromatic carbocycles.